The average molecular weight is 379 g/mol. The third-order valence-corrected chi connectivity index (χ3v) is 5.16. The summed E-state index contributed by atoms with van der Waals surface area (Å²) in [5.74, 6) is -1.39. The van der Waals surface area contributed by atoms with E-state index in [0.717, 1.165) is 18.7 Å². The van der Waals surface area contributed by atoms with E-state index in [4.69, 9.17) is 0 Å². The fraction of sp³-hybridized carbons (Fsp3) is 0.318. The number of nitrogens with zero attached hydrogens (tertiary/aromatic N) is 3. The van der Waals surface area contributed by atoms with Crippen molar-refractivity contribution in [2.45, 2.75) is 19.9 Å². The van der Waals surface area contributed by atoms with E-state index < -0.39 is 17.7 Å². The van der Waals surface area contributed by atoms with Crippen molar-refractivity contribution in [3.05, 3.63) is 71.6 Å². The second-order valence-corrected chi connectivity index (χ2v) is 6.67. The van der Waals surface area contributed by atoms with E-state index in [0.29, 0.717) is 18.7 Å². The van der Waals surface area contributed by atoms with Crippen molar-refractivity contribution in [3.63, 3.8) is 0 Å². The van der Waals surface area contributed by atoms with Crippen molar-refractivity contribution < 1.29 is 14.7 Å². The zero-order valence-electron chi connectivity index (χ0n) is 16.2. The zero-order valence-corrected chi connectivity index (χ0v) is 16.2. The third kappa shape index (κ3) is 3.82. The summed E-state index contributed by atoms with van der Waals surface area (Å²) in [7, 11) is 0. The Bertz CT molecular complexity index is 861. The highest BCUT2D eigenvalue weighted by molar-refractivity contribution is 6.46. The number of benzene rings is 1. The Labute approximate surface area is 165 Å². The fourth-order valence-corrected chi connectivity index (χ4v) is 3.55. The molecule has 0 unspecified atom stereocenters. The number of likely N-dealkylation sites (N-methyl/N-ethyl adjacent to an activating group) is 1. The summed E-state index contributed by atoms with van der Waals surface area (Å²) in [5.41, 5.74) is 1.40. The van der Waals surface area contributed by atoms with Gasteiger partial charge < -0.3 is 14.9 Å². The number of aliphatic hydroxyl groups is 1. The smallest absolute Gasteiger partial charge is 0.295 e. The lowest BCUT2D eigenvalue weighted by molar-refractivity contribution is -0.140. The summed E-state index contributed by atoms with van der Waals surface area (Å²) in [6.07, 6.45) is 3.09. The molecule has 2 aromatic rings. The van der Waals surface area contributed by atoms with E-state index >= 15 is 0 Å². The highest BCUT2D eigenvalue weighted by atomic mass is 16.3. The van der Waals surface area contributed by atoms with Gasteiger partial charge in [-0.3, -0.25) is 14.6 Å². The molecule has 1 aliphatic rings. The standard InChI is InChI=1S/C22H25N3O3/c1-3-24(4-2)14-15-25-19(16-8-6-5-7-9-16)18(21(27)22(25)28)20(26)17-10-12-23-13-11-17/h5-13,19,26H,3-4,14-15H2,1-2H3/b20-18+/t19-/m1/s1. The van der Waals surface area contributed by atoms with Crippen molar-refractivity contribution in [2.75, 3.05) is 26.2 Å². The molecule has 0 saturated carbocycles. The Morgan fingerprint density at radius 1 is 1.07 bits per heavy atom. The Balaban J connectivity index is 2.06. The Kier molecular flexibility index (Phi) is 6.21. The van der Waals surface area contributed by atoms with Crippen LogP contribution in [0.2, 0.25) is 0 Å². The van der Waals surface area contributed by atoms with Crippen LogP contribution in [0.5, 0.6) is 0 Å². The van der Waals surface area contributed by atoms with Crippen LogP contribution >= 0.6 is 0 Å². The SMILES string of the molecule is CCN(CC)CCN1C(=O)C(=O)/C(=C(/O)c2ccncc2)[C@H]1c1ccccc1. The molecule has 1 N–H and O–H groups in total. The first kappa shape index (κ1) is 19.8. The number of amides is 1. The van der Waals surface area contributed by atoms with Crippen LogP contribution in [0.15, 0.2) is 60.4 Å². The van der Waals surface area contributed by atoms with Crippen LogP contribution in [0.1, 0.15) is 31.0 Å². The Hall–Kier alpha value is -2.99. The van der Waals surface area contributed by atoms with Crippen molar-refractivity contribution in [2.24, 2.45) is 0 Å². The first-order valence-electron chi connectivity index (χ1n) is 9.54. The molecule has 6 heteroatoms. The van der Waals surface area contributed by atoms with Crippen LogP contribution in [-0.2, 0) is 9.59 Å². The minimum absolute atomic E-state index is 0.127. The fourth-order valence-electron chi connectivity index (χ4n) is 3.55. The van der Waals surface area contributed by atoms with Crippen LogP contribution in [0.4, 0.5) is 0 Å². The van der Waals surface area contributed by atoms with Crippen molar-refractivity contribution in [1.29, 1.82) is 0 Å². The molecule has 146 valence electrons. The van der Waals surface area contributed by atoms with E-state index in [1.807, 2.05) is 30.3 Å². The lowest BCUT2D eigenvalue weighted by Crippen LogP contribution is -2.38. The summed E-state index contributed by atoms with van der Waals surface area (Å²) in [6, 6.07) is 12.0. The quantitative estimate of drug-likeness (QED) is 0.455. The molecular formula is C22H25N3O3. The number of carbonyl (C=O) groups excluding carboxylic acids is 2. The lowest BCUT2D eigenvalue weighted by Gasteiger charge is -2.28. The number of hydrogen-bond donors (Lipinski definition) is 1. The molecular weight excluding hydrogens is 354 g/mol. The van der Waals surface area contributed by atoms with Gasteiger partial charge in [0.2, 0.25) is 0 Å². The molecule has 1 atom stereocenters. The second-order valence-electron chi connectivity index (χ2n) is 6.67. The molecule has 3 rings (SSSR count). The molecule has 0 aliphatic carbocycles. The first-order chi connectivity index (χ1) is 13.6. The number of aromatic nitrogens is 1. The normalized spacial score (nSPS) is 18.8. The Morgan fingerprint density at radius 3 is 2.32 bits per heavy atom. The minimum atomic E-state index is -0.650. The monoisotopic (exact) mass is 379 g/mol. The van der Waals surface area contributed by atoms with Gasteiger partial charge in [-0.2, -0.15) is 0 Å². The van der Waals surface area contributed by atoms with E-state index in [9.17, 15) is 14.7 Å². The molecule has 28 heavy (non-hydrogen) atoms. The van der Waals surface area contributed by atoms with Gasteiger partial charge in [0.15, 0.2) is 0 Å². The first-order valence-corrected chi connectivity index (χ1v) is 9.54. The molecule has 0 bridgehead atoms. The number of likely N-dealkylation sites (tertiary alicyclic amines) is 1. The van der Waals surface area contributed by atoms with Crippen LogP contribution < -0.4 is 0 Å². The van der Waals surface area contributed by atoms with Crippen LogP contribution in [0, 0.1) is 0 Å². The van der Waals surface area contributed by atoms with Crippen LogP contribution in [0.25, 0.3) is 5.76 Å². The van der Waals surface area contributed by atoms with Gasteiger partial charge in [0.25, 0.3) is 11.7 Å². The number of ketones is 1. The largest absolute Gasteiger partial charge is 0.507 e. The van der Waals surface area contributed by atoms with E-state index in [1.165, 1.54) is 0 Å². The molecule has 1 aromatic carbocycles. The summed E-state index contributed by atoms with van der Waals surface area (Å²) in [6.45, 7) is 6.95. The van der Waals surface area contributed by atoms with Crippen LogP contribution in [0.3, 0.4) is 0 Å². The lowest BCUT2D eigenvalue weighted by atomic mass is 9.95. The molecule has 1 amide bonds. The summed E-state index contributed by atoms with van der Waals surface area (Å²) in [4.78, 5) is 33.4. The minimum Gasteiger partial charge on any atom is -0.507 e. The van der Waals surface area contributed by atoms with Gasteiger partial charge in [-0.25, -0.2) is 0 Å². The summed E-state index contributed by atoms with van der Waals surface area (Å²) < 4.78 is 0. The predicted octanol–water partition coefficient (Wildman–Crippen LogP) is 2.85. The van der Waals surface area contributed by atoms with Crippen molar-refractivity contribution >= 4 is 17.4 Å². The number of carbonyl (C=O) groups is 2. The number of hydrogen-bond acceptors (Lipinski definition) is 5. The molecule has 0 radical (unpaired) electrons. The highest BCUT2D eigenvalue weighted by Gasteiger charge is 2.45. The number of pyridine rings is 1. The third-order valence-electron chi connectivity index (χ3n) is 5.16. The molecule has 1 fully saturated rings. The molecule has 1 aromatic heterocycles. The summed E-state index contributed by atoms with van der Waals surface area (Å²) in [5, 5.41) is 10.9. The molecule has 0 spiro atoms. The Morgan fingerprint density at radius 2 is 1.71 bits per heavy atom. The second kappa shape index (κ2) is 8.80. The number of rotatable bonds is 7. The molecule has 1 saturated heterocycles. The van der Waals surface area contributed by atoms with E-state index in [1.54, 1.807) is 29.4 Å². The van der Waals surface area contributed by atoms with Crippen LogP contribution in [-0.4, -0.2) is 57.8 Å². The van der Waals surface area contributed by atoms with E-state index in [-0.39, 0.29) is 11.3 Å². The van der Waals surface area contributed by atoms with Gasteiger partial charge in [-0.1, -0.05) is 44.2 Å². The molecule has 6 nitrogen and oxygen atoms in total. The average Bonchev–Trinajstić information content (AvgIpc) is 3.00. The zero-order chi connectivity index (χ0) is 20.1. The van der Waals surface area contributed by atoms with Crippen molar-refractivity contribution in [3.8, 4) is 0 Å². The maximum Gasteiger partial charge on any atom is 0.295 e. The van der Waals surface area contributed by atoms with Crippen molar-refractivity contribution in [1.82, 2.24) is 14.8 Å². The topological polar surface area (TPSA) is 73.7 Å². The number of Topliss-reactive ketones (excluding diaryl/α,β-unsaturated/α-hetero) is 1. The molecule has 2 heterocycles. The number of aliphatic hydroxyl groups excluding tert-OH is 1. The maximum atomic E-state index is 12.9. The van der Waals surface area contributed by atoms with E-state index in [2.05, 4.69) is 23.7 Å². The van der Waals surface area contributed by atoms with Gasteiger partial charge in [0.1, 0.15) is 5.76 Å². The van der Waals surface area contributed by atoms with Gasteiger partial charge in [-0.15, -0.1) is 0 Å². The summed E-state index contributed by atoms with van der Waals surface area (Å²) >= 11 is 0. The predicted molar refractivity (Wildman–Crippen MR) is 107 cm³/mol. The molecule has 1 aliphatic heterocycles. The highest BCUT2D eigenvalue weighted by Crippen LogP contribution is 2.38. The van der Waals surface area contributed by atoms with Gasteiger partial charge in [0.05, 0.1) is 11.6 Å². The van der Waals surface area contributed by atoms with Gasteiger partial charge >= 0.3 is 0 Å². The maximum absolute atomic E-state index is 12.9. The van der Waals surface area contributed by atoms with Gasteiger partial charge in [0, 0.05) is 31.0 Å². The van der Waals surface area contributed by atoms with Gasteiger partial charge in [-0.05, 0) is 30.8 Å².